The van der Waals surface area contributed by atoms with Gasteiger partial charge in [-0.1, -0.05) is 12.1 Å². The smallest absolute Gasteiger partial charge is 0.264 e. The number of rotatable bonds is 5. The van der Waals surface area contributed by atoms with Crippen LogP contribution in [0.3, 0.4) is 0 Å². The highest BCUT2D eigenvalue weighted by molar-refractivity contribution is 5.92. The Kier molecular flexibility index (Phi) is 5.46. The minimum atomic E-state index is -0.262. The molecule has 7 nitrogen and oxygen atoms in total. The molecule has 0 radical (unpaired) electrons. The van der Waals surface area contributed by atoms with Crippen LogP contribution in [0.25, 0.3) is 11.3 Å². The molecule has 7 heteroatoms. The number of likely N-dealkylation sites (tertiary alicyclic amines) is 1. The van der Waals surface area contributed by atoms with Crippen molar-refractivity contribution in [2.24, 2.45) is 0 Å². The molecule has 1 saturated heterocycles. The molecule has 1 aliphatic heterocycles. The van der Waals surface area contributed by atoms with Crippen LogP contribution >= 0.6 is 0 Å². The van der Waals surface area contributed by atoms with E-state index in [4.69, 9.17) is 0 Å². The minimum Gasteiger partial charge on any atom is -0.342 e. The van der Waals surface area contributed by atoms with Gasteiger partial charge in [0, 0.05) is 43.2 Å². The Morgan fingerprint density at radius 1 is 1.23 bits per heavy atom. The molecular weight excluding hydrogens is 332 g/mol. The first kappa shape index (κ1) is 17.8. The lowest BCUT2D eigenvalue weighted by atomic mass is 10.1. The first-order chi connectivity index (χ1) is 12.5. The molecular formula is C19H22N4O3. The van der Waals surface area contributed by atoms with Crippen LogP contribution in [0.15, 0.2) is 35.1 Å². The number of piperidine rings is 1. The summed E-state index contributed by atoms with van der Waals surface area (Å²) in [4.78, 5) is 37.0. The summed E-state index contributed by atoms with van der Waals surface area (Å²) < 4.78 is 0. The van der Waals surface area contributed by atoms with Gasteiger partial charge in [-0.15, -0.1) is 0 Å². The highest BCUT2D eigenvalue weighted by Gasteiger charge is 2.18. The number of aromatic amines is 1. The SMILES string of the molecule is Cc1ccc(-c2ccc(=O)[nH]n2)cc1NC(=O)CCN1CCCCC1=O. The molecule has 1 fully saturated rings. The van der Waals surface area contributed by atoms with E-state index in [0.29, 0.717) is 24.3 Å². The number of H-pyrrole nitrogens is 1. The van der Waals surface area contributed by atoms with Crippen LogP contribution in [-0.2, 0) is 9.59 Å². The van der Waals surface area contributed by atoms with Crippen molar-refractivity contribution in [3.05, 3.63) is 46.2 Å². The average molecular weight is 354 g/mol. The molecule has 3 rings (SSSR count). The van der Waals surface area contributed by atoms with Crippen LogP contribution in [-0.4, -0.2) is 40.0 Å². The second-order valence-electron chi connectivity index (χ2n) is 6.47. The Hall–Kier alpha value is -2.96. The number of aromatic nitrogens is 2. The maximum Gasteiger partial charge on any atom is 0.264 e. The van der Waals surface area contributed by atoms with Crippen LogP contribution < -0.4 is 10.9 Å². The molecule has 2 aromatic rings. The monoisotopic (exact) mass is 354 g/mol. The van der Waals surface area contributed by atoms with E-state index < -0.39 is 0 Å². The Labute approximate surface area is 151 Å². The maximum absolute atomic E-state index is 12.3. The van der Waals surface area contributed by atoms with Gasteiger partial charge in [-0.25, -0.2) is 5.10 Å². The standard InChI is InChI=1S/C19H22N4O3/c1-13-5-6-14(15-7-8-18(25)22-21-15)12-16(13)20-17(24)9-11-23-10-3-2-4-19(23)26/h5-8,12H,2-4,9-11H2,1H3,(H,20,24)(H,22,25). The van der Waals surface area contributed by atoms with Crippen molar-refractivity contribution in [1.29, 1.82) is 0 Å². The van der Waals surface area contributed by atoms with E-state index >= 15 is 0 Å². The van der Waals surface area contributed by atoms with E-state index in [1.54, 1.807) is 11.0 Å². The largest absolute Gasteiger partial charge is 0.342 e. The van der Waals surface area contributed by atoms with Crippen molar-refractivity contribution in [3.8, 4) is 11.3 Å². The third-order valence-electron chi connectivity index (χ3n) is 4.52. The second-order valence-corrected chi connectivity index (χ2v) is 6.47. The number of carbonyl (C=O) groups excluding carboxylic acids is 2. The molecule has 0 spiro atoms. The topological polar surface area (TPSA) is 95.2 Å². The zero-order valence-corrected chi connectivity index (χ0v) is 14.7. The molecule has 0 unspecified atom stereocenters. The fourth-order valence-electron chi connectivity index (χ4n) is 2.97. The van der Waals surface area contributed by atoms with E-state index in [9.17, 15) is 14.4 Å². The zero-order valence-electron chi connectivity index (χ0n) is 14.7. The van der Waals surface area contributed by atoms with Gasteiger partial charge in [0.2, 0.25) is 11.8 Å². The van der Waals surface area contributed by atoms with Crippen LogP contribution in [0.5, 0.6) is 0 Å². The van der Waals surface area contributed by atoms with Crippen LogP contribution in [0.1, 0.15) is 31.2 Å². The van der Waals surface area contributed by atoms with Gasteiger partial charge in [-0.05, 0) is 37.5 Å². The molecule has 1 aliphatic rings. The molecule has 0 saturated carbocycles. The molecule has 0 aliphatic carbocycles. The van der Waals surface area contributed by atoms with E-state index in [0.717, 1.165) is 30.5 Å². The van der Waals surface area contributed by atoms with Gasteiger partial charge >= 0.3 is 0 Å². The van der Waals surface area contributed by atoms with E-state index in [-0.39, 0.29) is 23.8 Å². The summed E-state index contributed by atoms with van der Waals surface area (Å²) in [5.74, 6) is 0.00410. The lowest BCUT2D eigenvalue weighted by molar-refractivity contribution is -0.133. The molecule has 136 valence electrons. The third kappa shape index (κ3) is 4.36. The van der Waals surface area contributed by atoms with Crippen molar-refractivity contribution in [2.75, 3.05) is 18.4 Å². The predicted octanol–water partition coefficient (Wildman–Crippen LogP) is 2.09. The van der Waals surface area contributed by atoms with Gasteiger partial charge in [0.15, 0.2) is 0 Å². The summed E-state index contributed by atoms with van der Waals surface area (Å²) in [5.41, 5.74) is 2.79. The van der Waals surface area contributed by atoms with Crippen LogP contribution in [0.4, 0.5) is 5.69 Å². The average Bonchev–Trinajstić information content (AvgIpc) is 2.64. The van der Waals surface area contributed by atoms with Crippen molar-refractivity contribution in [2.45, 2.75) is 32.6 Å². The highest BCUT2D eigenvalue weighted by atomic mass is 16.2. The fourth-order valence-corrected chi connectivity index (χ4v) is 2.97. The Morgan fingerprint density at radius 3 is 2.81 bits per heavy atom. The number of nitrogens with zero attached hydrogens (tertiary/aromatic N) is 2. The Bertz CT molecular complexity index is 855. The van der Waals surface area contributed by atoms with Gasteiger partial charge in [0.1, 0.15) is 0 Å². The first-order valence-corrected chi connectivity index (χ1v) is 8.77. The number of amides is 2. The molecule has 2 N–H and O–H groups in total. The van der Waals surface area contributed by atoms with Crippen molar-refractivity contribution >= 4 is 17.5 Å². The van der Waals surface area contributed by atoms with E-state index in [1.807, 2.05) is 25.1 Å². The van der Waals surface area contributed by atoms with E-state index in [2.05, 4.69) is 15.5 Å². The number of carbonyl (C=O) groups is 2. The van der Waals surface area contributed by atoms with Crippen molar-refractivity contribution < 1.29 is 9.59 Å². The molecule has 1 aromatic carbocycles. The lowest BCUT2D eigenvalue weighted by Crippen LogP contribution is -2.37. The Morgan fingerprint density at radius 2 is 2.08 bits per heavy atom. The van der Waals surface area contributed by atoms with Crippen molar-refractivity contribution in [1.82, 2.24) is 15.1 Å². The van der Waals surface area contributed by atoms with E-state index in [1.165, 1.54) is 6.07 Å². The number of benzene rings is 1. The number of hydrogen-bond acceptors (Lipinski definition) is 4. The summed E-state index contributed by atoms with van der Waals surface area (Å²) in [7, 11) is 0. The van der Waals surface area contributed by atoms with Crippen LogP contribution in [0, 0.1) is 6.92 Å². The number of nitrogens with one attached hydrogen (secondary N) is 2. The third-order valence-corrected chi connectivity index (χ3v) is 4.52. The summed E-state index contributed by atoms with van der Waals surface area (Å²) in [6, 6.07) is 8.66. The quantitative estimate of drug-likeness (QED) is 0.859. The molecule has 2 heterocycles. The molecule has 2 amide bonds. The summed E-state index contributed by atoms with van der Waals surface area (Å²) >= 11 is 0. The maximum atomic E-state index is 12.3. The number of hydrogen-bond donors (Lipinski definition) is 2. The molecule has 1 aromatic heterocycles. The number of anilines is 1. The summed E-state index contributed by atoms with van der Waals surface area (Å²) in [5, 5.41) is 9.32. The normalized spacial score (nSPS) is 14.3. The minimum absolute atomic E-state index is 0.127. The van der Waals surface area contributed by atoms with Gasteiger partial charge in [-0.2, -0.15) is 5.10 Å². The second kappa shape index (κ2) is 7.95. The molecule has 0 atom stereocenters. The molecule has 0 bridgehead atoms. The van der Waals surface area contributed by atoms with Gasteiger partial charge in [0.05, 0.1) is 5.69 Å². The van der Waals surface area contributed by atoms with Gasteiger partial charge in [-0.3, -0.25) is 14.4 Å². The summed E-state index contributed by atoms with van der Waals surface area (Å²) in [6.07, 6.45) is 2.79. The summed E-state index contributed by atoms with van der Waals surface area (Å²) in [6.45, 7) is 3.09. The first-order valence-electron chi connectivity index (χ1n) is 8.77. The predicted molar refractivity (Wildman–Crippen MR) is 98.7 cm³/mol. The fraction of sp³-hybridized carbons (Fsp3) is 0.368. The molecule has 26 heavy (non-hydrogen) atoms. The number of aryl methyl sites for hydroxylation is 1. The van der Waals surface area contributed by atoms with Crippen LogP contribution in [0.2, 0.25) is 0 Å². The van der Waals surface area contributed by atoms with Gasteiger partial charge < -0.3 is 10.2 Å². The lowest BCUT2D eigenvalue weighted by Gasteiger charge is -2.26. The Balaban J connectivity index is 1.65. The van der Waals surface area contributed by atoms with Crippen molar-refractivity contribution in [3.63, 3.8) is 0 Å². The zero-order chi connectivity index (χ0) is 18.5. The van der Waals surface area contributed by atoms with Gasteiger partial charge in [0.25, 0.3) is 5.56 Å². The highest BCUT2D eigenvalue weighted by Crippen LogP contribution is 2.23.